The summed E-state index contributed by atoms with van der Waals surface area (Å²) in [6.45, 7) is 3.73. The van der Waals surface area contributed by atoms with Gasteiger partial charge in [0.05, 0.1) is 24.6 Å². The van der Waals surface area contributed by atoms with Gasteiger partial charge in [-0.05, 0) is 55.8 Å². The Morgan fingerprint density at radius 3 is 2.26 bits per heavy atom. The molecule has 1 N–H and O–H groups in total. The normalized spacial score (nSPS) is 12.3. The molecule has 0 aliphatic rings. The molecule has 2 aromatic carbocycles. The standard InChI is InChI=1S/C19H23FN2O4S/c1-4-26-18-11-9-17(10-12-18)22(27(3,24)25)13-19(23)21-14(2)15-5-7-16(20)8-6-15/h5-12,14H,4,13H2,1-3H3,(H,21,23). The van der Waals surface area contributed by atoms with Crippen molar-refractivity contribution < 1.29 is 22.3 Å². The molecule has 1 amide bonds. The van der Waals surface area contributed by atoms with Crippen molar-refractivity contribution in [1.29, 1.82) is 0 Å². The maximum Gasteiger partial charge on any atom is 0.241 e. The average molecular weight is 394 g/mol. The zero-order chi connectivity index (χ0) is 20.0. The zero-order valence-electron chi connectivity index (χ0n) is 15.5. The van der Waals surface area contributed by atoms with Crippen molar-refractivity contribution in [3.05, 3.63) is 59.9 Å². The number of hydrogen-bond donors (Lipinski definition) is 1. The fourth-order valence-corrected chi connectivity index (χ4v) is 3.38. The van der Waals surface area contributed by atoms with Gasteiger partial charge in [0, 0.05) is 0 Å². The number of halogens is 1. The summed E-state index contributed by atoms with van der Waals surface area (Å²) in [6, 6.07) is 11.8. The molecule has 0 aliphatic heterocycles. The topological polar surface area (TPSA) is 75.7 Å². The molecule has 0 spiro atoms. The number of carbonyl (C=O) groups is 1. The molecule has 27 heavy (non-hydrogen) atoms. The Kier molecular flexibility index (Phi) is 6.79. The summed E-state index contributed by atoms with van der Waals surface area (Å²) in [5, 5.41) is 2.73. The third-order valence-electron chi connectivity index (χ3n) is 3.87. The van der Waals surface area contributed by atoms with Gasteiger partial charge in [-0.2, -0.15) is 0 Å². The van der Waals surface area contributed by atoms with Crippen LogP contribution in [-0.2, 0) is 14.8 Å². The van der Waals surface area contributed by atoms with Crippen LogP contribution in [0.4, 0.5) is 10.1 Å². The van der Waals surface area contributed by atoms with Gasteiger partial charge in [0.25, 0.3) is 0 Å². The lowest BCUT2D eigenvalue weighted by molar-refractivity contribution is -0.120. The van der Waals surface area contributed by atoms with E-state index in [1.807, 2.05) is 6.92 Å². The lowest BCUT2D eigenvalue weighted by Crippen LogP contribution is -2.41. The van der Waals surface area contributed by atoms with Crippen molar-refractivity contribution >= 4 is 21.6 Å². The van der Waals surface area contributed by atoms with Crippen LogP contribution >= 0.6 is 0 Å². The van der Waals surface area contributed by atoms with Crippen molar-refractivity contribution in [3.8, 4) is 5.75 Å². The Hall–Kier alpha value is -2.61. The third-order valence-corrected chi connectivity index (χ3v) is 5.01. The number of hydrogen-bond acceptors (Lipinski definition) is 4. The minimum atomic E-state index is -3.66. The van der Waals surface area contributed by atoms with Gasteiger partial charge in [-0.15, -0.1) is 0 Å². The molecule has 0 fully saturated rings. The Morgan fingerprint density at radius 2 is 1.74 bits per heavy atom. The van der Waals surface area contributed by atoms with E-state index >= 15 is 0 Å². The monoisotopic (exact) mass is 394 g/mol. The number of nitrogens with zero attached hydrogens (tertiary/aromatic N) is 1. The van der Waals surface area contributed by atoms with Crippen molar-refractivity contribution in [2.45, 2.75) is 19.9 Å². The molecule has 1 atom stereocenters. The van der Waals surface area contributed by atoms with E-state index in [9.17, 15) is 17.6 Å². The lowest BCUT2D eigenvalue weighted by atomic mass is 10.1. The Morgan fingerprint density at radius 1 is 1.15 bits per heavy atom. The highest BCUT2D eigenvalue weighted by atomic mass is 32.2. The molecule has 1 unspecified atom stereocenters. The first-order chi connectivity index (χ1) is 12.7. The van der Waals surface area contributed by atoms with Crippen molar-refractivity contribution in [1.82, 2.24) is 5.32 Å². The second-order valence-corrected chi connectivity index (χ2v) is 7.94. The highest BCUT2D eigenvalue weighted by Gasteiger charge is 2.22. The van der Waals surface area contributed by atoms with Gasteiger partial charge in [-0.3, -0.25) is 9.10 Å². The van der Waals surface area contributed by atoms with E-state index in [0.29, 0.717) is 18.0 Å². The number of nitrogens with one attached hydrogen (secondary N) is 1. The second-order valence-electron chi connectivity index (χ2n) is 6.04. The summed E-state index contributed by atoms with van der Waals surface area (Å²) in [7, 11) is -3.66. The van der Waals surface area contributed by atoms with E-state index in [2.05, 4.69) is 5.32 Å². The van der Waals surface area contributed by atoms with Gasteiger partial charge < -0.3 is 10.1 Å². The van der Waals surface area contributed by atoms with E-state index in [0.717, 1.165) is 16.1 Å². The zero-order valence-corrected chi connectivity index (χ0v) is 16.3. The smallest absolute Gasteiger partial charge is 0.241 e. The molecular weight excluding hydrogens is 371 g/mol. The van der Waals surface area contributed by atoms with Crippen LogP contribution in [0, 0.1) is 5.82 Å². The van der Waals surface area contributed by atoms with Crippen LogP contribution in [0.15, 0.2) is 48.5 Å². The van der Waals surface area contributed by atoms with Gasteiger partial charge in [0.15, 0.2) is 0 Å². The van der Waals surface area contributed by atoms with Crippen molar-refractivity contribution in [3.63, 3.8) is 0 Å². The highest BCUT2D eigenvalue weighted by Crippen LogP contribution is 2.22. The van der Waals surface area contributed by atoms with Crippen LogP contribution in [0.25, 0.3) is 0 Å². The van der Waals surface area contributed by atoms with Gasteiger partial charge in [-0.25, -0.2) is 12.8 Å². The first-order valence-electron chi connectivity index (χ1n) is 8.46. The minimum absolute atomic E-state index is 0.363. The molecule has 2 aromatic rings. The van der Waals surface area contributed by atoms with Crippen LogP contribution in [0.3, 0.4) is 0 Å². The second kappa shape index (κ2) is 8.85. The summed E-state index contributed by atoms with van der Waals surface area (Å²) in [4.78, 5) is 12.4. The largest absolute Gasteiger partial charge is 0.494 e. The molecule has 2 rings (SSSR count). The van der Waals surface area contributed by atoms with E-state index < -0.39 is 15.9 Å². The van der Waals surface area contributed by atoms with E-state index in [4.69, 9.17) is 4.74 Å². The highest BCUT2D eigenvalue weighted by molar-refractivity contribution is 7.92. The molecule has 0 bridgehead atoms. The number of rotatable bonds is 8. The summed E-state index contributed by atoms with van der Waals surface area (Å²) < 4.78 is 43.7. The quantitative estimate of drug-likeness (QED) is 0.747. The molecule has 0 radical (unpaired) electrons. The molecule has 0 aliphatic carbocycles. The van der Waals surface area contributed by atoms with Crippen LogP contribution in [0.2, 0.25) is 0 Å². The van der Waals surface area contributed by atoms with Crippen molar-refractivity contribution in [2.24, 2.45) is 0 Å². The summed E-state index contributed by atoms with van der Waals surface area (Å²) >= 11 is 0. The fourth-order valence-electron chi connectivity index (χ4n) is 2.53. The summed E-state index contributed by atoms with van der Waals surface area (Å²) in [5.74, 6) is -0.216. The van der Waals surface area contributed by atoms with Gasteiger partial charge in [-0.1, -0.05) is 12.1 Å². The van der Waals surface area contributed by atoms with Gasteiger partial charge >= 0.3 is 0 Å². The Labute approximate surface area is 159 Å². The molecule has 0 aromatic heterocycles. The summed E-state index contributed by atoms with van der Waals surface area (Å²) in [6.07, 6.45) is 1.04. The maximum atomic E-state index is 13.0. The maximum absolute atomic E-state index is 13.0. The first-order valence-corrected chi connectivity index (χ1v) is 10.3. The fraction of sp³-hybridized carbons (Fsp3) is 0.316. The molecule has 0 saturated heterocycles. The first kappa shape index (κ1) is 20.7. The van der Waals surface area contributed by atoms with E-state index in [1.165, 1.54) is 12.1 Å². The number of ether oxygens (including phenoxy) is 1. The Bertz CT molecular complexity index is 868. The third kappa shape index (κ3) is 5.96. The van der Waals surface area contributed by atoms with Crippen LogP contribution in [0.5, 0.6) is 5.75 Å². The number of sulfonamides is 1. The number of carbonyl (C=O) groups excluding carboxylic acids is 1. The van der Waals surface area contributed by atoms with Crippen LogP contribution in [-0.4, -0.2) is 33.7 Å². The number of anilines is 1. The Balaban J connectivity index is 2.11. The molecular formula is C19H23FN2O4S. The minimum Gasteiger partial charge on any atom is -0.494 e. The van der Waals surface area contributed by atoms with Gasteiger partial charge in [0.2, 0.25) is 15.9 Å². The SMILES string of the molecule is CCOc1ccc(N(CC(=O)NC(C)c2ccc(F)cc2)S(C)(=O)=O)cc1. The summed E-state index contributed by atoms with van der Waals surface area (Å²) in [5.41, 5.74) is 1.09. The molecule has 8 heteroatoms. The molecule has 0 heterocycles. The average Bonchev–Trinajstić information content (AvgIpc) is 2.60. The lowest BCUT2D eigenvalue weighted by Gasteiger charge is -2.23. The number of benzene rings is 2. The van der Waals surface area contributed by atoms with Crippen LogP contribution in [0.1, 0.15) is 25.5 Å². The predicted octanol–water partition coefficient (Wildman–Crippen LogP) is 2.87. The van der Waals surface area contributed by atoms with Crippen LogP contribution < -0.4 is 14.4 Å². The van der Waals surface area contributed by atoms with Gasteiger partial charge in [0.1, 0.15) is 18.1 Å². The molecule has 6 nitrogen and oxygen atoms in total. The van der Waals surface area contributed by atoms with Crippen molar-refractivity contribution in [2.75, 3.05) is 23.7 Å². The molecule has 0 saturated carbocycles. The number of amides is 1. The molecule has 146 valence electrons. The van der Waals surface area contributed by atoms with E-state index in [1.54, 1.807) is 43.3 Å². The van der Waals surface area contributed by atoms with E-state index in [-0.39, 0.29) is 18.4 Å². The predicted molar refractivity (Wildman–Crippen MR) is 103 cm³/mol.